The van der Waals surface area contributed by atoms with Crippen LogP contribution in [0.15, 0.2) is 18.2 Å². The third kappa shape index (κ3) is 2.51. The lowest BCUT2D eigenvalue weighted by molar-refractivity contribution is -0.115. The number of anilines is 1. The molecule has 0 radical (unpaired) electrons. The first kappa shape index (κ1) is 12.2. The zero-order chi connectivity index (χ0) is 13.1. The third-order valence-electron chi connectivity index (χ3n) is 2.80. The summed E-state index contributed by atoms with van der Waals surface area (Å²) < 4.78 is 0. The molecule has 4 heteroatoms. The van der Waals surface area contributed by atoms with Crippen molar-refractivity contribution in [3.63, 3.8) is 0 Å². The van der Waals surface area contributed by atoms with Crippen LogP contribution in [0.25, 0.3) is 0 Å². The van der Waals surface area contributed by atoms with Crippen LogP contribution in [0.3, 0.4) is 0 Å². The molecule has 1 aromatic carbocycles. The smallest absolute Gasteiger partial charge is 0.251 e. The number of hydrogen-bond donors (Lipinski definition) is 2. The molecule has 1 atom stereocenters. The number of amides is 2. The van der Waals surface area contributed by atoms with Gasteiger partial charge in [0.2, 0.25) is 5.91 Å². The van der Waals surface area contributed by atoms with Gasteiger partial charge in [-0.2, -0.15) is 0 Å². The van der Waals surface area contributed by atoms with Crippen molar-refractivity contribution in [2.75, 3.05) is 5.32 Å². The first-order valence-corrected chi connectivity index (χ1v) is 5.77. The normalized spacial score (nSPS) is 14.3. The number of hydrogen-bond acceptors (Lipinski definition) is 2. The Labute approximate surface area is 106 Å². The Morgan fingerprint density at radius 3 is 3.11 bits per heavy atom. The quantitative estimate of drug-likeness (QED) is 0.785. The maximum absolute atomic E-state index is 11.9. The Hall–Kier alpha value is -2.28. The molecule has 0 fully saturated rings. The molecule has 4 nitrogen and oxygen atoms in total. The maximum atomic E-state index is 11.9. The average molecular weight is 242 g/mol. The van der Waals surface area contributed by atoms with Gasteiger partial charge in [-0.25, -0.2) is 0 Å². The van der Waals surface area contributed by atoms with E-state index in [0.717, 1.165) is 11.3 Å². The fourth-order valence-corrected chi connectivity index (χ4v) is 1.89. The number of carbonyl (C=O) groups is 2. The van der Waals surface area contributed by atoms with E-state index in [1.807, 2.05) is 6.92 Å². The SMILES string of the molecule is C#CCC(C)NC(=O)c1ccc2c(c1)NC(=O)C2. The van der Waals surface area contributed by atoms with Gasteiger partial charge >= 0.3 is 0 Å². The van der Waals surface area contributed by atoms with Crippen LogP contribution in [0.4, 0.5) is 5.69 Å². The Balaban J connectivity index is 2.11. The molecule has 1 aliphatic heterocycles. The van der Waals surface area contributed by atoms with E-state index in [4.69, 9.17) is 6.42 Å². The van der Waals surface area contributed by atoms with E-state index in [1.165, 1.54) is 0 Å². The summed E-state index contributed by atoms with van der Waals surface area (Å²) in [5, 5.41) is 5.53. The number of terminal acetylenes is 1. The summed E-state index contributed by atoms with van der Waals surface area (Å²) in [5.74, 6) is 2.28. The zero-order valence-electron chi connectivity index (χ0n) is 10.1. The molecule has 0 saturated carbocycles. The molecule has 1 aromatic rings. The van der Waals surface area contributed by atoms with Gasteiger partial charge < -0.3 is 10.6 Å². The van der Waals surface area contributed by atoms with Crippen molar-refractivity contribution >= 4 is 17.5 Å². The highest BCUT2D eigenvalue weighted by molar-refractivity contribution is 6.02. The van der Waals surface area contributed by atoms with Crippen LogP contribution in [0.2, 0.25) is 0 Å². The predicted octanol–water partition coefficient (Wildman–Crippen LogP) is 1.32. The van der Waals surface area contributed by atoms with Gasteiger partial charge in [-0.05, 0) is 24.6 Å². The van der Waals surface area contributed by atoms with E-state index in [9.17, 15) is 9.59 Å². The van der Waals surface area contributed by atoms with Crippen molar-refractivity contribution in [1.29, 1.82) is 0 Å². The second-order valence-corrected chi connectivity index (χ2v) is 4.38. The van der Waals surface area contributed by atoms with Crippen molar-refractivity contribution in [2.24, 2.45) is 0 Å². The van der Waals surface area contributed by atoms with Gasteiger partial charge in [-0.15, -0.1) is 12.3 Å². The van der Waals surface area contributed by atoms with Crippen molar-refractivity contribution in [3.05, 3.63) is 29.3 Å². The van der Waals surface area contributed by atoms with Gasteiger partial charge in [0.1, 0.15) is 0 Å². The lowest BCUT2D eigenvalue weighted by atomic mass is 10.1. The third-order valence-corrected chi connectivity index (χ3v) is 2.80. The monoisotopic (exact) mass is 242 g/mol. The Morgan fingerprint density at radius 1 is 1.61 bits per heavy atom. The van der Waals surface area contributed by atoms with Crippen LogP contribution >= 0.6 is 0 Å². The molecule has 92 valence electrons. The zero-order valence-corrected chi connectivity index (χ0v) is 10.1. The van der Waals surface area contributed by atoms with Crippen molar-refractivity contribution in [2.45, 2.75) is 25.8 Å². The molecule has 0 saturated heterocycles. The van der Waals surface area contributed by atoms with E-state index >= 15 is 0 Å². The highest BCUT2D eigenvalue weighted by atomic mass is 16.2. The molecule has 2 N–H and O–H groups in total. The van der Waals surface area contributed by atoms with Gasteiger partial charge in [0.15, 0.2) is 0 Å². The second-order valence-electron chi connectivity index (χ2n) is 4.38. The van der Waals surface area contributed by atoms with Crippen LogP contribution in [-0.2, 0) is 11.2 Å². The molecule has 1 aliphatic rings. The highest BCUT2D eigenvalue weighted by Crippen LogP contribution is 2.23. The molecular weight excluding hydrogens is 228 g/mol. The Bertz CT molecular complexity index is 543. The summed E-state index contributed by atoms with van der Waals surface area (Å²) in [6, 6.07) is 5.15. The summed E-state index contributed by atoms with van der Waals surface area (Å²) in [6.07, 6.45) is 6.06. The van der Waals surface area contributed by atoms with Gasteiger partial charge in [-0.1, -0.05) is 6.07 Å². The molecule has 2 rings (SSSR count). The predicted molar refractivity (Wildman–Crippen MR) is 69.2 cm³/mol. The van der Waals surface area contributed by atoms with Crippen LogP contribution in [0.1, 0.15) is 29.3 Å². The van der Waals surface area contributed by atoms with Gasteiger partial charge in [0.05, 0.1) is 6.42 Å². The largest absolute Gasteiger partial charge is 0.349 e. The van der Waals surface area contributed by atoms with Gasteiger partial charge in [0, 0.05) is 23.7 Å². The minimum absolute atomic E-state index is 0.0387. The van der Waals surface area contributed by atoms with Crippen LogP contribution in [0.5, 0.6) is 0 Å². The highest BCUT2D eigenvalue weighted by Gasteiger charge is 2.19. The number of carbonyl (C=O) groups excluding carboxylic acids is 2. The molecular formula is C14H14N2O2. The molecule has 18 heavy (non-hydrogen) atoms. The lowest BCUT2D eigenvalue weighted by Gasteiger charge is -2.11. The second kappa shape index (κ2) is 4.92. The fourth-order valence-electron chi connectivity index (χ4n) is 1.89. The molecule has 0 aromatic heterocycles. The minimum Gasteiger partial charge on any atom is -0.349 e. The molecule has 0 aliphatic carbocycles. The van der Waals surface area contributed by atoms with E-state index in [-0.39, 0.29) is 17.9 Å². The van der Waals surface area contributed by atoms with Crippen molar-refractivity contribution in [1.82, 2.24) is 5.32 Å². The van der Waals surface area contributed by atoms with Gasteiger partial charge in [-0.3, -0.25) is 9.59 Å². The van der Waals surface area contributed by atoms with Crippen molar-refractivity contribution < 1.29 is 9.59 Å². The summed E-state index contributed by atoms with van der Waals surface area (Å²) >= 11 is 0. The van der Waals surface area contributed by atoms with Crippen LogP contribution in [0, 0.1) is 12.3 Å². The van der Waals surface area contributed by atoms with Gasteiger partial charge in [0.25, 0.3) is 5.91 Å². The molecule has 0 spiro atoms. The van der Waals surface area contributed by atoms with Crippen LogP contribution in [-0.4, -0.2) is 17.9 Å². The fraction of sp³-hybridized carbons (Fsp3) is 0.286. The molecule has 1 unspecified atom stereocenters. The summed E-state index contributed by atoms with van der Waals surface area (Å²) in [4.78, 5) is 23.1. The Morgan fingerprint density at radius 2 is 2.39 bits per heavy atom. The number of nitrogens with one attached hydrogen (secondary N) is 2. The first-order valence-electron chi connectivity index (χ1n) is 5.77. The lowest BCUT2D eigenvalue weighted by Crippen LogP contribution is -2.32. The number of benzene rings is 1. The molecule has 2 amide bonds. The van der Waals surface area contributed by atoms with Crippen LogP contribution < -0.4 is 10.6 Å². The first-order chi connectivity index (χ1) is 8.60. The van der Waals surface area contributed by atoms with E-state index < -0.39 is 0 Å². The molecule has 1 heterocycles. The maximum Gasteiger partial charge on any atom is 0.251 e. The van der Waals surface area contributed by atoms with E-state index in [2.05, 4.69) is 16.6 Å². The molecule has 0 bridgehead atoms. The standard InChI is InChI=1S/C14H14N2O2/c1-3-4-9(2)15-14(18)11-6-5-10-8-13(17)16-12(10)7-11/h1,5-7,9H,4,8H2,2H3,(H,15,18)(H,16,17). The number of fused-ring (bicyclic) bond motifs is 1. The minimum atomic E-state index is -0.179. The van der Waals surface area contributed by atoms with E-state index in [0.29, 0.717) is 18.4 Å². The summed E-state index contributed by atoms with van der Waals surface area (Å²) in [5.41, 5.74) is 2.17. The summed E-state index contributed by atoms with van der Waals surface area (Å²) in [6.45, 7) is 1.85. The van der Waals surface area contributed by atoms with Crippen molar-refractivity contribution in [3.8, 4) is 12.3 Å². The summed E-state index contributed by atoms with van der Waals surface area (Å²) in [7, 11) is 0. The Kier molecular flexibility index (Phi) is 3.33. The topological polar surface area (TPSA) is 58.2 Å². The van der Waals surface area contributed by atoms with E-state index in [1.54, 1.807) is 18.2 Å². The average Bonchev–Trinajstić information content (AvgIpc) is 2.68. The number of rotatable bonds is 3.